The first kappa shape index (κ1) is 11.0. The number of para-hydroxylation sites is 1. The highest BCUT2D eigenvalue weighted by Gasteiger charge is 2.11. The Morgan fingerprint density at radius 3 is 3.00 bits per heavy atom. The fourth-order valence-electron chi connectivity index (χ4n) is 1.90. The van der Waals surface area contributed by atoms with Crippen LogP contribution in [0.2, 0.25) is 0 Å². The Morgan fingerprint density at radius 1 is 1.33 bits per heavy atom. The molecular weight excluding hydrogens is 228 g/mol. The molecule has 0 spiro atoms. The molecule has 1 aromatic carbocycles. The maximum atomic E-state index is 5.79. The van der Waals surface area contributed by atoms with Crippen LogP contribution >= 0.6 is 0 Å². The second-order valence-electron chi connectivity index (χ2n) is 4.26. The maximum Gasteiger partial charge on any atom is 0.180 e. The molecule has 0 aliphatic rings. The Kier molecular flexibility index (Phi) is 2.86. The molecule has 0 fully saturated rings. The zero-order chi connectivity index (χ0) is 12.4. The summed E-state index contributed by atoms with van der Waals surface area (Å²) in [5.41, 5.74) is 0.917. The molecule has 1 N–H and O–H groups in total. The third-order valence-corrected chi connectivity index (χ3v) is 2.94. The molecule has 0 aliphatic carbocycles. The third kappa shape index (κ3) is 2.15. The fourth-order valence-corrected chi connectivity index (χ4v) is 1.90. The van der Waals surface area contributed by atoms with Crippen molar-refractivity contribution in [2.75, 3.05) is 0 Å². The lowest BCUT2D eigenvalue weighted by Gasteiger charge is -2.09. The molecular formula is C14H14N2O2. The van der Waals surface area contributed by atoms with E-state index in [1.807, 2.05) is 24.3 Å². The SMILES string of the molecule is CC(NCc1cnco1)c1cc2ccccc2o1. The number of benzene rings is 1. The standard InChI is InChI=1S/C14H14N2O2/c1-10(16-8-12-7-15-9-17-12)14-6-11-4-2-3-5-13(11)18-14/h2-7,9-10,16H,8H2,1H3. The van der Waals surface area contributed by atoms with Gasteiger partial charge in [0, 0.05) is 5.39 Å². The van der Waals surface area contributed by atoms with Gasteiger partial charge < -0.3 is 14.2 Å². The van der Waals surface area contributed by atoms with Crippen molar-refractivity contribution in [3.05, 3.63) is 54.4 Å². The fraction of sp³-hybridized carbons (Fsp3) is 0.214. The van der Waals surface area contributed by atoms with E-state index in [1.54, 1.807) is 6.20 Å². The molecule has 92 valence electrons. The van der Waals surface area contributed by atoms with E-state index < -0.39 is 0 Å². The minimum Gasteiger partial charge on any atom is -0.459 e. The minimum atomic E-state index is 0.127. The van der Waals surface area contributed by atoms with Crippen LogP contribution in [0.15, 0.2) is 51.8 Å². The quantitative estimate of drug-likeness (QED) is 0.762. The summed E-state index contributed by atoms with van der Waals surface area (Å²) in [6.07, 6.45) is 3.14. The lowest BCUT2D eigenvalue weighted by molar-refractivity contribution is 0.418. The zero-order valence-corrected chi connectivity index (χ0v) is 10.1. The summed E-state index contributed by atoms with van der Waals surface area (Å²) >= 11 is 0. The molecule has 0 aliphatic heterocycles. The van der Waals surface area contributed by atoms with Gasteiger partial charge >= 0.3 is 0 Å². The van der Waals surface area contributed by atoms with E-state index in [-0.39, 0.29) is 6.04 Å². The number of fused-ring (bicyclic) bond motifs is 1. The first-order valence-corrected chi connectivity index (χ1v) is 5.92. The molecule has 0 radical (unpaired) electrons. The van der Waals surface area contributed by atoms with Gasteiger partial charge in [-0.3, -0.25) is 0 Å². The van der Waals surface area contributed by atoms with Crippen molar-refractivity contribution in [3.63, 3.8) is 0 Å². The predicted octanol–water partition coefficient (Wildman–Crippen LogP) is 3.27. The normalized spacial score (nSPS) is 12.9. The molecule has 4 heteroatoms. The van der Waals surface area contributed by atoms with Gasteiger partial charge in [-0.05, 0) is 19.1 Å². The van der Waals surface area contributed by atoms with Crippen molar-refractivity contribution in [1.29, 1.82) is 0 Å². The Hall–Kier alpha value is -2.07. The Bertz CT molecular complexity index is 595. The molecule has 3 rings (SSSR count). The topological polar surface area (TPSA) is 51.2 Å². The molecule has 0 saturated carbocycles. The van der Waals surface area contributed by atoms with E-state index >= 15 is 0 Å². The van der Waals surface area contributed by atoms with Gasteiger partial charge in [0.2, 0.25) is 0 Å². The van der Waals surface area contributed by atoms with Crippen LogP contribution in [0.4, 0.5) is 0 Å². The number of oxazole rings is 1. The van der Waals surface area contributed by atoms with Crippen molar-refractivity contribution >= 4 is 11.0 Å². The molecule has 18 heavy (non-hydrogen) atoms. The summed E-state index contributed by atoms with van der Waals surface area (Å²) in [7, 11) is 0. The molecule has 0 amide bonds. The van der Waals surface area contributed by atoms with E-state index in [0.717, 1.165) is 22.5 Å². The lowest BCUT2D eigenvalue weighted by atomic mass is 10.2. The predicted molar refractivity (Wildman–Crippen MR) is 68.0 cm³/mol. The van der Waals surface area contributed by atoms with Crippen LogP contribution < -0.4 is 5.32 Å². The van der Waals surface area contributed by atoms with Crippen LogP contribution in [0.5, 0.6) is 0 Å². The van der Waals surface area contributed by atoms with Crippen LogP contribution in [0, 0.1) is 0 Å². The minimum absolute atomic E-state index is 0.127. The van der Waals surface area contributed by atoms with Gasteiger partial charge in [0.15, 0.2) is 6.39 Å². The summed E-state index contributed by atoms with van der Waals surface area (Å²) in [4.78, 5) is 3.88. The molecule has 1 unspecified atom stereocenters. The second-order valence-corrected chi connectivity index (χ2v) is 4.26. The Morgan fingerprint density at radius 2 is 2.22 bits per heavy atom. The highest BCUT2D eigenvalue weighted by Crippen LogP contribution is 2.23. The molecule has 4 nitrogen and oxygen atoms in total. The molecule has 2 aromatic heterocycles. The van der Waals surface area contributed by atoms with Crippen molar-refractivity contribution in [3.8, 4) is 0 Å². The monoisotopic (exact) mass is 242 g/mol. The summed E-state index contributed by atoms with van der Waals surface area (Å²) in [6.45, 7) is 2.70. The number of aromatic nitrogens is 1. The number of hydrogen-bond acceptors (Lipinski definition) is 4. The van der Waals surface area contributed by atoms with E-state index in [9.17, 15) is 0 Å². The average molecular weight is 242 g/mol. The highest BCUT2D eigenvalue weighted by molar-refractivity contribution is 5.77. The molecule has 3 aromatic rings. The summed E-state index contributed by atoms with van der Waals surface area (Å²) in [5.74, 6) is 1.74. The maximum absolute atomic E-state index is 5.79. The summed E-state index contributed by atoms with van der Waals surface area (Å²) in [5, 5.41) is 4.46. The number of hydrogen-bond donors (Lipinski definition) is 1. The zero-order valence-electron chi connectivity index (χ0n) is 10.1. The smallest absolute Gasteiger partial charge is 0.180 e. The number of nitrogens with one attached hydrogen (secondary N) is 1. The van der Waals surface area contributed by atoms with Crippen LogP contribution in [0.1, 0.15) is 24.5 Å². The number of nitrogens with zero attached hydrogens (tertiary/aromatic N) is 1. The van der Waals surface area contributed by atoms with E-state index in [4.69, 9.17) is 8.83 Å². The van der Waals surface area contributed by atoms with Crippen LogP contribution in [-0.2, 0) is 6.54 Å². The average Bonchev–Trinajstić information content (AvgIpc) is 3.04. The molecule has 0 bridgehead atoms. The van der Waals surface area contributed by atoms with Gasteiger partial charge in [-0.1, -0.05) is 18.2 Å². The summed E-state index contributed by atoms with van der Waals surface area (Å²) in [6, 6.07) is 10.2. The van der Waals surface area contributed by atoms with Crippen molar-refractivity contribution in [2.24, 2.45) is 0 Å². The van der Waals surface area contributed by atoms with Gasteiger partial charge in [-0.2, -0.15) is 0 Å². The van der Waals surface area contributed by atoms with Gasteiger partial charge in [-0.15, -0.1) is 0 Å². The molecule has 2 heterocycles. The van der Waals surface area contributed by atoms with Crippen LogP contribution in [0.25, 0.3) is 11.0 Å². The van der Waals surface area contributed by atoms with Crippen molar-refractivity contribution in [1.82, 2.24) is 10.3 Å². The highest BCUT2D eigenvalue weighted by atomic mass is 16.3. The van der Waals surface area contributed by atoms with Crippen molar-refractivity contribution in [2.45, 2.75) is 19.5 Å². The molecule has 1 atom stereocenters. The van der Waals surface area contributed by atoms with E-state index in [2.05, 4.69) is 23.3 Å². The van der Waals surface area contributed by atoms with Gasteiger partial charge in [0.05, 0.1) is 18.8 Å². The summed E-state index contributed by atoms with van der Waals surface area (Å²) < 4.78 is 11.0. The van der Waals surface area contributed by atoms with Gasteiger partial charge in [0.1, 0.15) is 17.1 Å². The first-order valence-electron chi connectivity index (χ1n) is 5.92. The number of rotatable bonds is 4. The third-order valence-electron chi connectivity index (χ3n) is 2.94. The Balaban J connectivity index is 1.73. The lowest BCUT2D eigenvalue weighted by Crippen LogP contribution is -2.17. The Labute approximate surface area is 105 Å². The van der Waals surface area contributed by atoms with Crippen molar-refractivity contribution < 1.29 is 8.83 Å². The van der Waals surface area contributed by atoms with E-state index in [0.29, 0.717) is 6.54 Å². The van der Waals surface area contributed by atoms with E-state index in [1.165, 1.54) is 6.39 Å². The van der Waals surface area contributed by atoms with Crippen LogP contribution in [-0.4, -0.2) is 4.98 Å². The largest absolute Gasteiger partial charge is 0.459 e. The van der Waals surface area contributed by atoms with Gasteiger partial charge in [0.25, 0.3) is 0 Å². The molecule has 0 saturated heterocycles. The first-order chi connectivity index (χ1) is 8.83. The van der Waals surface area contributed by atoms with Gasteiger partial charge in [-0.25, -0.2) is 4.98 Å². The second kappa shape index (κ2) is 4.66. The number of furan rings is 1. The van der Waals surface area contributed by atoms with Crippen LogP contribution in [0.3, 0.4) is 0 Å².